The standard InChI is InChI=1S/C28H28N2O3/c1-18-14-24-23(16-30(17-32-24)19(2)21-8-6-5-7-9-21)28-26(18)27(31)25(33-28)15-20-10-12-22(13-11-20)29(3)4/h5-15,19H,16-17H2,1-4H3/b25-15-. The maximum atomic E-state index is 13.3. The fourth-order valence-corrected chi connectivity index (χ4v) is 4.46. The van der Waals surface area contributed by atoms with E-state index in [1.807, 2.05) is 68.4 Å². The van der Waals surface area contributed by atoms with Gasteiger partial charge in [0.15, 0.2) is 5.76 Å². The number of hydrogen-bond acceptors (Lipinski definition) is 5. The lowest BCUT2D eigenvalue weighted by atomic mass is 9.98. The van der Waals surface area contributed by atoms with Gasteiger partial charge in [-0.05, 0) is 54.8 Å². The minimum Gasteiger partial charge on any atom is -0.478 e. The van der Waals surface area contributed by atoms with Crippen LogP contribution in [-0.2, 0) is 6.54 Å². The highest BCUT2D eigenvalue weighted by atomic mass is 16.5. The quantitative estimate of drug-likeness (QED) is 0.495. The summed E-state index contributed by atoms with van der Waals surface area (Å²) < 4.78 is 12.3. The molecule has 1 unspecified atom stereocenters. The van der Waals surface area contributed by atoms with Crippen LogP contribution < -0.4 is 14.4 Å². The number of allylic oxidation sites excluding steroid dienone is 1. The van der Waals surface area contributed by atoms with Gasteiger partial charge < -0.3 is 14.4 Å². The van der Waals surface area contributed by atoms with Gasteiger partial charge in [0.25, 0.3) is 0 Å². The van der Waals surface area contributed by atoms with Crippen LogP contribution in [0.2, 0.25) is 0 Å². The third-order valence-corrected chi connectivity index (χ3v) is 6.49. The second-order valence-electron chi connectivity index (χ2n) is 8.91. The maximum Gasteiger partial charge on any atom is 0.232 e. The predicted molar refractivity (Wildman–Crippen MR) is 131 cm³/mol. The van der Waals surface area contributed by atoms with Crippen molar-refractivity contribution in [3.05, 3.63) is 94.2 Å². The van der Waals surface area contributed by atoms with Crippen LogP contribution in [0, 0.1) is 6.92 Å². The van der Waals surface area contributed by atoms with Crippen molar-refractivity contribution in [3.8, 4) is 11.5 Å². The number of rotatable bonds is 4. The zero-order valence-corrected chi connectivity index (χ0v) is 19.5. The summed E-state index contributed by atoms with van der Waals surface area (Å²) in [4.78, 5) is 17.6. The molecule has 5 heteroatoms. The van der Waals surface area contributed by atoms with E-state index in [1.54, 1.807) is 0 Å². The molecule has 0 aromatic heterocycles. The molecule has 2 aliphatic rings. The van der Waals surface area contributed by atoms with Crippen molar-refractivity contribution in [2.24, 2.45) is 0 Å². The van der Waals surface area contributed by atoms with E-state index in [0.29, 0.717) is 30.3 Å². The molecule has 0 saturated carbocycles. The number of ketones is 1. The highest BCUT2D eigenvalue weighted by molar-refractivity contribution is 6.15. The summed E-state index contributed by atoms with van der Waals surface area (Å²) in [5, 5.41) is 0. The van der Waals surface area contributed by atoms with Crippen LogP contribution in [0.15, 0.2) is 66.4 Å². The molecule has 0 fully saturated rings. The number of nitrogens with zero attached hydrogens (tertiary/aromatic N) is 2. The smallest absolute Gasteiger partial charge is 0.232 e. The summed E-state index contributed by atoms with van der Waals surface area (Å²) >= 11 is 0. The zero-order chi connectivity index (χ0) is 23.1. The van der Waals surface area contributed by atoms with Gasteiger partial charge in [0.05, 0.1) is 11.1 Å². The summed E-state index contributed by atoms with van der Waals surface area (Å²) in [5.74, 6) is 1.71. The third-order valence-electron chi connectivity index (χ3n) is 6.49. The number of carbonyl (C=O) groups is 1. The van der Waals surface area contributed by atoms with Crippen LogP contribution in [0.5, 0.6) is 11.5 Å². The molecule has 2 aliphatic heterocycles. The number of anilines is 1. The maximum absolute atomic E-state index is 13.3. The molecule has 0 amide bonds. The van der Waals surface area contributed by atoms with Crippen molar-refractivity contribution < 1.29 is 14.3 Å². The Balaban J connectivity index is 1.46. The van der Waals surface area contributed by atoms with E-state index in [0.717, 1.165) is 28.1 Å². The molecule has 0 N–H and O–H groups in total. The SMILES string of the molecule is Cc1cc2c(c3c1C(=O)/C(=C/c1ccc(N(C)C)cc1)O3)CN(C(C)c1ccccc1)CO2. The van der Waals surface area contributed by atoms with Gasteiger partial charge in [-0.2, -0.15) is 0 Å². The van der Waals surface area contributed by atoms with Crippen molar-refractivity contribution in [1.29, 1.82) is 0 Å². The number of ether oxygens (including phenoxy) is 2. The van der Waals surface area contributed by atoms with Gasteiger partial charge in [0, 0.05) is 32.4 Å². The van der Waals surface area contributed by atoms with Gasteiger partial charge in [-0.3, -0.25) is 9.69 Å². The molecule has 2 heterocycles. The number of carbonyl (C=O) groups excluding carboxylic acids is 1. The van der Waals surface area contributed by atoms with E-state index in [-0.39, 0.29) is 11.8 Å². The summed E-state index contributed by atoms with van der Waals surface area (Å²) in [7, 11) is 4.01. The number of hydrogen-bond donors (Lipinski definition) is 0. The number of fused-ring (bicyclic) bond motifs is 3. The minimum absolute atomic E-state index is 0.0739. The Hall–Kier alpha value is -3.57. The molecule has 3 aromatic rings. The lowest BCUT2D eigenvalue weighted by molar-refractivity contribution is 0.0605. The Labute approximate surface area is 194 Å². The van der Waals surface area contributed by atoms with E-state index in [4.69, 9.17) is 9.47 Å². The molecular formula is C28H28N2O3. The summed E-state index contributed by atoms with van der Waals surface area (Å²) in [6, 6.07) is 20.6. The van der Waals surface area contributed by atoms with Gasteiger partial charge in [-0.25, -0.2) is 0 Å². The Morgan fingerprint density at radius 1 is 1.06 bits per heavy atom. The first-order valence-electron chi connectivity index (χ1n) is 11.2. The van der Waals surface area contributed by atoms with Crippen molar-refractivity contribution in [2.45, 2.75) is 26.4 Å². The van der Waals surface area contributed by atoms with E-state index in [1.165, 1.54) is 5.56 Å². The first-order chi connectivity index (χ1) is 15.9. The predicted octanol–water partition coefficient (Wildman–Crippen LogP) is 5.59. The molecule has 5 nitrogen and oxygen atoms in total. The molecule has 0 aliphatic carbocycles. The Bertz CT molecular complexity index is 1230. The van der Waals surface area contributed by atoms with Gasteiger partial charge in [0.1, 0.15) is 18.2 Å². The van der Waals surface area contributed by atoms with Gasteiger partial charge >= 0.3 is 0 Å². The topological polar surface area (TPSA) is 42.0 Å². The number of aryl methyl sites for hydroxylation is 1. The second-order valence-corrected chi connectivity index (χ2v) is 8.91. The lowest BCUT2D eigenvalue weighted by Crippen LogP contribution is -2.34. The average molecular weight is 441 g/mol. The molecule has 3 aromatic carbocycles. The fraction of sp³-hybridized carbons (Fsp3) is 0.250. The Kier molecular flexibility index (Phi) is 5.43. The van der Waals surface area contributed by atoms with E-state index >= 15 is 0 Å². The average Bonchev–Trinajstić information content (AvgIpc) is 3.16. The van der Waals surface area contributed by atoms with Crippen molar-refractivity contribution in [2.75, 3.05) is 25.7 Å². The van der Waals surface area contributed by atoms with E-state index < -0.39 is 0 Å². The number of Topliss-reactive ketones (excluding diaryl/α,β-unsaturated/α-hetero) is 1. The summed E-state index contributed by atoms with van der Waals surface area (Å²) in [5.41, 5.74) is 5.72. The first-order valence-corrected chi connectivity index (χ1v) is 11.2. The first kappa shape index (κ1) is 21.3. The van der Waals surface area contributed by atoms with Crippen molar-refractivity contribution in [1.82, 2.24) is 4.90 Å². The lowest BCUT2D eigenvalue weighted by Gasteiger charge is -2.34. The molecule has 5 rings (SSSR count). The molecule has 0 radical (unpaired) electrons. The Morgan fingerprint density at radius 2 is 1.79 bits per heavy atom. The van der Waals surface area contributed by atoms with Gasteiger partial charge in [-0.1, -0.05) is 42.5 Å². The van der Waals surface area contributed by atoms with Gasteiger partial charge in [0.2, 0.25) is 5.78 Å². The highest BCUT2D eigenvalue weighted by Gasteiger charge is 2.36. The monoisotopic (exact) mass is 440 g/mol. The van der Waals surface area contributed by atoms with Gasteiger partial charge in [-0.15, -0.1) is 0 Å². The molecule has 168 valence electrons. The Morgan fingerprint density at radius 3 is 2.48 bits per heavy atom. The molecular weight excluding hydrogens is 412 g/mol. The third kappa shape index (κ3) is 3.89. The van der Waals surface area contributed by atoms with Crippen molar-refractivity contribution >= 4 is 17.5 Å². The van der Waals surface area contributed by atoms with Crippen LogP contribution in [0.1, 0.15) is 45.6 Å². The highest BCUT2D eigenvalue weighted by Crippen LogP contribution is 2.45. The largest absolute Gasteiger partial charge is 0.478 e. The van der Waals surface area contributed by atoms with Crippen LogP contribution in [0.3, 0.4) is 0 Å². The van der Waals surface area contributed by atoms with E-state index in [2.05, 4.69) is 36.1 Å². The van der Waals surface area contributed by atoms with Crippen molar-refractivity contribution in [3.63, 3.8) is 0 Å². The molecule has 33 heavy (non-hydrogen) atoms. The molecule has 0 bridgehead atoms. The summed E-state index contributed by atoms with van der Waals surface area (Å²) in [6.07, 6.45) is 1.82. The second kappa shape index (κ2) is 8.41. The van der Waals surface area contributed by atoms with Crippen LogP contribution in [0.25, 0.3) is 6.08 Å². The van der Waals surface area contributed by atoms with Crippen LogP contribution >= 0.6 is 0 Å². The van der Waals surface area contributed by atoms with Crippen LogP contribution in [0.4, 0.5) is 5.69 Å². The van der Waals surface area contributed by atoms with Crippen LogP contribution in [-0.4, -0.2) is 31.5 Å². The molecule has 1 atom stereocenters. The normalized spacial score (nSPS) is 17.2. The minimum atomic E-state index is -0.0739. The number of benzene rings is 3. The summed E-state index contributed by atoms with van der Waals surface area (Å²) in [6.45, 7) is 5.27. The fourth-order valence-electron chi connectivity index (χ4n) is 4.46. The zero-order valence-electron chi connectivity index (χ0n) is 19.5. The molecule has 0 saturated heterocycles. The molecule has 0 spiro atoms. The van der Waals surface area contributed by atoms with E-state index in [9.17, 15) is 4.79 Å².